The number of phenolic OH excluding ortho intramolecular Hbond substituents is 1. The van der Waals surface area contributed by atoms with Crippen molar-refractivity contribution in [2.45, 2.75) is 44.7 Å². The summed E-state index contributed by atoms with van der Waals surface area (Å²) in [4.78, 5) is 21.5. The molecular weight excluding hydrogens is 364 g/mol. The van der Waals surface area contributed by atoms with Gasteiger partial charge in [-0.2, -0.15) is 0 Å². The number of nitrogens with one attached hydrogen (secondary N) is 1. The number of pyridine rings is 1. The molecule has 2 aromatic rings. The summed E-state index contributed by atoms with van der Waals surface area (Å²) < 4.78 is 0. The van der Waals surface area contributed by atoms with Crippen molar-refractivity contribution in [3.63, 3.8) is 0 Å². The highest BCUT2D eigenvalue weighted by Crippen LogP contribution is 2.20. The van der Waals surface area contributed by atoms with Crippen LogP contribution < -0.4 is 5.32 Å². The summed E-state index contributed by atoms with van der Waals surface area (Å²) in [6.07, 6.45) is 7.22. The Kier molecular flexibility index (Phi) is 6.30. The predicted octanol–water partition coefficient (Wildman–Crippen LogP) is 3.49. The van der Waals surface area contributed by atoms with E-state index in [2.05, 4.69) is 21.3 Å². The van der Waals surface area contributed by atoms with Gasteiger partial charge in [0.25, 0.3) is 5.91 Å². The van der Waals surface area contributed by atoms with E-state index in [-0.39, 0.29) is 5.91 Å². The molecule has 0 unspecified atom stereocenters. The van der Waals surface area contributed by atoms with E-state index in [1.165, 1.54) is 6.42 Å². The highest BCUT2D eigenvalue weighted by atomic mass is 16.3. The van der Waals surface area contributed by atoms with Crippen molar-refractivity contribution < 1.29 is 9.90 Å². The van der Waals surface area contributed by atoms with Gasteiger partial charge in [-0.1, -0.05) is 12.1 Å². The minimum Gasteiger partial charge on any atom is -0.508 e. The number of piperidine rings is 2. The van der Waals surface area contributed by atoms with Crippen molar-refractivity contribution in [2.24, 2.45) is 0 Å². The van der Waals surface area contributed by atoms with Gasteiger partial charge in [-0.3, -0.25) is 9.69 Å². The van der Waals surface area contributed by atoms with Crippen LogP contribution in [0.1, 0.15) is 48.0 Å². The molecular formula is C23H30N4O2. The zero-order chi connectivity index (χ0) is 20.1. The Balaban J connectivity index is 1.29. The standard InChI is InChI=1S/C23H30N4O2/c28-21-6-4-5-18(15-21)17-26-13-8-20(9-14-26)25-22-16-19(7-10-24-22)23(29)27-11-2-1-3-12-27/h4-7,10,15-16,20,28H,1-3,8-9,11-14,17H2,(H,24,25). The molecule has 0 aliphatic carbocycles. The molecule has 0 saturated carbocycles. The van der Waals surface area contributed by atoms with Gasteiger partial charge < -0.3 is 15.3 Å². The summed E-state index contributed by atoms with van der Waals surface area (Å²) in [6, 6.07) is 11.6. The first-order valence-electron chi connectivity index (χ1n) is 10.7. The summed E-state index contributed by atoms with van der Waals surface area (Å²) in [5, 5.41) is 13.2. The number of aromatic hydroxyl groups is 1. The van der Waals surface area contributed by atoms with Gasteiger partial charge in [0, 0.05) is 50.5 Å². The SMILES string of the molecule is O=C(c1ccnc(NC2CCN(Cc3cccc(O)c3)CC2)c1)N1CCCCC1. The lowest BCUT2D eigenvalue weighted by atomic mass is 10.0. The second-order valence-electron chi connectivity index (χ2n) is 8.15. The summed E-state index contributed by atoms with van der Waals surface area (Å²) in [5.74, 6) is 1.24. The number of carbonyl (C=O) groups excluding carboxylic acids is 1. The molecule has 2 fully saturated rings. The van der Waals surface area contributed by atoms with Crippen molar-refractivity contribution in [1.29, 1.82) is 0 Å². The van der Waals surface area contributed by atoms with E-state index in [0.717, 1.165) is 75.4 Å². The lowest BCUT2D eigenvalue weighted by Gasteiger charge is -2.32. The van der Waals surface area contributed by atoms with Crippen LogP contribution in [0.15, 0.2) is 42.6 Å². The maximum absolute atomic E-state index is 12.7. The average molecular weight is 395 g/mol. The quantitative estimate of drug-likeness (QED) is 0.813. The molecule has 2 saturated heterocycles. The van der Waals surface area contributed by atoms with Crippen LogP contribution in [-0.2, 0) is 6.54 Å². The molecule has 1 aromatic carbocycles. The minimum atomic E-state index is 0.121. The van der Waals surface area contributed by atoms with E-state index in [1.54, 1.807) is 12.3 Å². The summed E-state index contributed by atoms with van der Waals surface area (Å²) in [7, 11) is 0. The van der Waals surface area contributed by atoms with Crippen molar-refractivity contribution in [3.05, 3.63) is 53.7 Å². The Morgan fingerprint density at radius 2 is 1.86 bits per heavy atom. The fourth-order valence-electron chi connectivity index (χ4n) is 4.28. The van der Waals surface area contributed by atoms with Gasteiger partial charge in [0.15, 0.2) is 0 Å². The molecule has 1 aromatic heterocycles. The maximum Gasteiger partial charge on any atom is 0.254 e. The van der Waals surface area contributed by atoms with E-state index < -0.39 is 0 Å². The predicted molar refractivity (Wildman–Crippen MR) is 114 cm³/mol. The number of hydrogen-bond acceptors (Lipinski definition) is 5. The highest BCUT2D eigenvalue weighted by molar-refractivity contribution is 5.94. The molecule has 2 N–H and O–H groups in total. The van der Waals surface area contributed by atoms with E-state index in [4.69, 9.17) is 0 Å². The Morgan fingerprint density at radius 1 is 1.07 bits per heavy atom. The zero-order valence-electron chi connectivity index (χ0n) is 16.9. The number of likely N-dealkylation sites (tertiary alicyclic amines) is 2. The molecule has 2 aliphatic heterocycles. The van der Waals surface area contributed by atoms with Gasteiger partial charge in [-0.25, -0.2) is 4.98 Å². The lowest BCUT2D eigenvalue weighted by Crippen LogP contribution is -2.39. The van der Waals surface area contributed by atoms with Gasteiger partial charge in [-0.05, 0) is 61.9 Å². The van der Waals surface area contributed by atoms with Crippen molar-refractivity contribution >= 4 is 11.7 Å². The van der Waals surface area contributed by atoms with Gasteiger partial charge in [0.05, 0.1) is 0 Å². The number of carbonyl (C=O) groups is 1. The fraction of sp³-hybridized carbons (Fsp3) is 0.478. The van der Waals surface area contributed by atoms with Crippen molar-refractivity contribution in [3.8, 4) is 5.75 Å². The molecule has 1 amide bonds. The van der Waals surface area contributed by atoms with Crippen molar-refractivity contribution in [2.75, 3.05) is 31.5 Å². The zero-order valence-corrected chi connectivity index (χ0v) is 16.9. The summed E-state index contributed by atoms with van der Waals surface area (Å²) in [6.45, 7) is 4.59. The van der Waals surface area contributed by atoms with Gasteiger partial charge in [0.1, 0.15) is 11.6 Å². The second-order valence-corrected chi connectivity index (χ2v) is 8.15. The smallest absolute Gasteiger partial charge is 0.254 e. The first kappa shape index (κ1) is 19.7. The third-order valence-corrected chi connectivity index (χ3v) is 5.91. The topological polar surface area (TPSA) is 68.7 Å². The van der Waals surface area contributed by atoms with Crippen LogP contribution in [0.5, 0.6) is 5.75 Å². The van der Waals surface area contributed by atoms with Crippen LogP contribution in [0.2, 0.25) is 0 Å². The number of hydrogen-bond donors (Lipinski definition) is 2. The molecule has 0 radical (unpaired) electrons. The van der Waals surface area contributed by atoms with Crippen molar-refractivity contribution in [1.82, 2.24) is 14.8 Å². The lowest BCUT2D eigenvalue weighted by molar-refractivity contribution is 0.0724. The van der Waals surface area contributed by atoms with E-state index in [9.17, 15) is 9.90 Å². The van der Waals surface area contributed by atoms with Gasteiger partial charge in [0.2, 0.25) is 0 Å². The molecule has 0 atom stereocenters. The van der Waals surface area contributed by atoms with Crippen LogP contribution in [0, 0.1) is 0 Å². The van der Waals surface area contributed by atoms with Crippen LogP contribution in [-0.4, -0.2) is 58.0 Å². The van der Waals surface area contributed by atoms with Gasteiger partial charge >= 0.3 is 0 Å². The van der Waals surface area contributed by atoms with E-state index >= 15 is 0 Å². The molecule has 3 heterocycles. The number of nitrogens with zero attached hydrogens (tertiary/aromatic N) is 3. The third kappa shape index (κ3) is 5.26. The molecule has 0 spiro atoms. The largest absolute Gasteiger partial charge is 0.508 e. The minimum absolute atomic E-state index is 0.121. The van der Waals surface area contributed by atoms with Crippen LogP contribution in [0.25, 0.3) is 0 Å². The Bertz CT molecular complexity index is 827. The first-order valence-corrected chi connectivity index (χ1v) is 10.7. The molecule has 4 rings (SSSR count). The Labute approximate surface area is 172 Å². The van der Waals surface area contributed by atoms with Crippen LogP contribution in [0.4, 0.5) is 5.82 Å². The number of rotatable bonds is 5. The number of benzene rings is 1. The van der Waals surface area contributed by atoms with E-state index in [1.807, 2.05) is 29.2 Å². The summed E-state index contributed by atoms with van der Waals surface area (Å²) >= 11 is 0. The average Bonchev–Trinajstić information content (AvgIpc) is 2.75. The first-order chi connectivity index (χ1) is 14.2. The monoisotopic (exact) mass is 394 g/mol. The normalized spacial score (nSPS) is 18.6. The van der Waals surface area contributed by atoms with Crippen LogP contribution in [0.3, 0.4) is 0 Å². The number of anilines is 1. The Hall–Kier alpha value is -2.60. The molecule has 29 heavy (non-hydrogen) atoms. The molecule has 154 valence electrons. The Morgan fingerprint density at radius 3 is 2.62 bits per heavy atom. The van der Waals surface area contributed by atoms with Gasteiger partial charge in [-0.15, -0.1) is 0 Å². The fourth-order valence-corrected chi connectivity index (χ4v) is 4.28. The highest BCUT2D eigenvalue weighted by Gasteiger charge is 2.21. The molecule has 6 nitrogen and oxygen atoms in total. The second kappa shape index (κ2) is 9.27. The molecule has 6 heteroatoms. The number of aromatic nitrogens is 1. The third-order valence-electron chi connectivity index (χ3n) is 5.91. The number of amides is 1. The summed E-state index contributed by atoms with van der Waals surface area (Å²) in [5.41, 5.74) is 1.87. The maximum atomic E-state index is 12.7. The molecule has 2 aliphatic rings. The molecule has 0 bridgehead atoms. The number of phenols is 1. The van der Waals surface area contributed by atoms with Crippen LogP contribution >= 0.6 is 0 Å². The van der Waals surface area contributed by atoms with E-state index in [0.29, 0.717) is 11.8 Å².